The number of carbonyl (C=O) groups is 2. The maximum absolute atomic E-state index is 13.3. The van der Waals surface area contributed by atoms with Crippen LogP contribution in [0.2, 0.25) is 5.02 Å². The van der Waals surface area contributed by atoms with Crippen LogP contribution in [0, 0.1) is 0 Å². The second-order valence-electron chi connectivity index (χ2n) is 9.07. The van der Waals surface area contributed by atoms with E-state index >= 15 is 0 Å². The molecule has 1 atom stereocenters. The maximum Gasteiger partial charge on any atom is 0.246 e. The van der Waals surface area contributed by atoms with Gasteiger partial charge in [0.25, 0.3) is 0 Å². The van der Waals surface area contributed by atoms with Gasteiger partial charge in [0.1, 0.15) is 6.04 Å². The standard InChI is InChI=1S/C29H32ClN3O2/c1-21(34)33-19-16-24(17-20-33)23-9-13-27(14-10-23)32-29(35)28(25-5-3-2-4-6-25)31-18-15-22-7-11-26(30)12-8-22/h2-14,24,28,31H,15-20H2,1H3,(H,32,35)/t28-/m0/s1. The molecule has 3 aromatic rings. The Hall–Kier alpha value is -3.15. The Kier molecular flexibility index (Phi) is 8.56. The van der Waals surface area contributed by atoms with E-state index in [1.807, 2.05) is 71.6 Å². The first-order valence-corrected chi connectivity index (χ1v) is 12.6. The molecule has 182 valence electrons. The normalized spacial score (nSPS) is 15.0. The Morgan fingerprint density at radius 2 is 1.60 bits per heavy atom. The van der Waals surface area contributed by atoms with Crippen LogP contribution < -0.4 is 10.6 Å². The molecule has 0 saturated carbocycles. The average molecular weight is 490 g/mol. The minimum Gasteiger partial charge on any atom is -0.343 e. The van der Waals surface area contributed by atoms with Crippen LogP contribution in [0.15, 0.2) is 78.9 Å². The number of hydrogen-bond acceptors (Lipinski definition) is 3. The van der Waals surface area contributed by atoms with Crippen LogP contribution in [-0.4, -0.2) is 36.3 Å². The van der Waals surface area contributed by atoms with Crippen molar-refractivity contribution >= 4 is 29.1 Å². The first-order valence-electron chi connectivity index (χ1n) is 12.2. The zero-order valence-corrected chi connectivity index (χ0v) is 20.8. The van der Waals surface area contributed by atoms with E-state index in [0.717, 1.165) is 48.6 Å². The molecular formula is C29H32ClN3O2. The molecule has 0 aromatic heterocycles. The molecule has 3 aromatic carbocycles. The number of amides is 2. The van der Waals surface area contributed by atoms with Crippen molar-refractivity contribution in [3.8, 4) is 0 Å². The van der Waals surface area contributed by atoms with Gasteiger partial charge in [-0.05, 0) is 66.1 Å². The summed E-state index contributed by atoms with van der Waals surface area (Å²) in [5.41, 5.74) is 4.13. The fourth-order valence-electron chi connectivity index (χ4n) is 4.60. The topological polar surface area (TPSA) is 61.4 Å². The Balaban J connectivity index is 1.37. The second kappa shape index (κ2) is 12.0. The van der Waals surface area contributed by atoms with E-state index in [-0.39, 0.29) is 11.8 Å². The highest BCUT2D eigenvalue weighted by Crippen LogP contribution is 2.29. The number of anilines is 1. The molecule has 0 spiro atoms. The minimum absolute atomic E-state index is 0.0881. The van der Waals surface area contributed by atoms with Gasteiger partial charge >= 0.3 is 0 Å². The fourth-order valence-corrected chi connectivity index (χ4v) is 4.73. The lowest BCUT2D eigenvalue weighted by atomic mass is 9.89. The number of hydrogen-bond donors (Lipinski definition) is 2. The van der Waals surface area contributed by atoms with Crippen molar-refractivity contribution in [1.82, 2.24) is 10.2 Å². The summed E-state index contributed by atoms with van der Waals surface area (Å²) in [7, 11) is 0. The van der Waals surface area contributed by atoms with Gasteiger partial charge in [-0.1, -0.05) is 66.2 Å². The number of rotatable bonds is 8. The second-order valence-corrected chi connectivity index (χ2v) is 9.50. The van der Waals surface area contributed by atoms with Gasteiger partial charge in [0.2, 0.25) is 11.8 Å². The van der Waals surface area contributed by atoms with E-state index in [9.17, 15) is 9.59 Å². The third kappa shape index (κ3) is 6.93. The molecule has 0 bridgehead atoms. The molecule has 1 saturated heterocycles. The first-order chi connectivity index (χ1) is 17.0. The smallest absolute Gasteiger partial charge is 0.246 e. The van der Waals surface area contributed by atoms with E-state index in [1.54, 1.807) is 6.92 Å². The van der Waals surface area contributed by atoms with Gasteiger partial charge in [0.05, 0.1) is 0 Å². The number of nitrogens with zero attached hydrogens (tertiary/aromatic N) is 1. The summed E-state index contributed by atoms with van der Waals surface area (Å²) in [5, 5.41) is 7.21. The van der Waals surface area contributed by atoms with Crippen LogP contribution in [0.4, 0.5) is 5.69 Å². The zero-order chi connectivity index (χ0) is 24.6. The van der Waals surface area contributed by atoms with Crippen LogP contribution >= 0.6 is 11.6 Å². The largest absolute Gasteiger partial charge is 0.343 e. The van der Waals surface area contributed by atoms with Gasteiger partial charge in [-0.2, -0.15) is 0 Å². The van der Waals surface area contributed by atoms with Crippen molar-refractivity contribution in [3.05, 3.63) is 101 Å². The van der Waals surface area contributed by atoms with Crippen molar-refractivity contribution in [2.24, 2.45) is 0 Å². The lowest BCUT2D eigenvalue weighted by molar-refractivity contribution is -0.129. The number of benzene rings is 3. The molecule has 5 nitrogen and oxygen atoms in total. The molecular weight excluding hydrogens is 458 g/mol. The number of halogens is 1. The van der Waals surface area contributed by atoms with Crippen LogP contribution in [0.3, 0.4) is 0 Å². The van der Waals surface area contributed by atoms with E-state index in [1.165, 1.54) is 11.1 Å². The molecule has 1 heterocycles. The zero-order valence-electron chi connectivity index (χ0n) is 20.0. The van der Waals surface area contributed by atoms with E-state index < -0.39 is 6.04 Å². The summed E-state index contributed by atoms with van der Waals surface area (Å²) in [6.45, 7) is 3.90. The molecule has 35 heavy (non-hydrogen) atoms. The van der Waals surface area contributed by atoms with Gasteiger partial charge in [-0.15, -0.1) is 0 Å². The molecule has 2 amide bonds. The van der Waals surface area contributed by atoms with Gasteiger partial charge in [0.15, 0.2) is 0 Å². The lowest BCUT2D eigenvalue weighted by Gasteiger charge is -2.31. The summed E-state index contributed by atoms with van der Waals surface area (Å²) in [6.07, 6.45) is 2.74. The third-order valence-corrected chi connectivity index (χ3v) is 6.91. The van der Waals surface area contributed by atoms with Gasteiger partial charge < -0.3 is 15.5 Å². The van der Waals surface area contributed by atoms with Crippen molar-refractivity contribution in [2.45, 2.75) is 38.1 Å². The molecule has 1 fully saturated rings. The molecule has 0 aliphatic carbocycles. The molecule has 1 aliphatic rings. The molecule has 0 unspecified atom stereocenters. The van der Waals surface area contributed by atoms with Gasteiger partial charge in [-0.25, -0.2) is 0 Å². The van der Waals surface area contributed by atoms with Crippen LogP contribution in [-0.2, 0) is 16.0 Å². The fraction of sp³-hybridized carbons (Fsp3) is 0.310. The van der Waals surface area contributed by atoms with E-state index in [2.05, 4.69) is 22.8 Å². The summed E-state index contributed by atoms with van der Waals surface area (Å²) >= 11 is 5.98. The van der Waals surface area contributed by atoms with Gasteiger partial charge in [-0.3, -0.25) is 9.59 Å². The van der Waals surface area contributed by atoms with Crippen LogP contribution in [0.1, 0.15) is 48.4 Å². The molecule has 6 heteroatoms. The summed E-state index contributed by atoms with van der Waals surface area (Å²) in [6, 6.07) is 25.2. The number of piperidine rings is 1. The highest BCUT2D eigenvalue weighted by Gasteiger charge is 2.23. The Labute approximate surface area is 212 Å². The third-order valence-electron chi connectivity index (χ3n) is 6.66. The highest BCUT2D eigenvalue weighted by molar-refractivity contribution is 6.30. The molecule has 2 N–H and O–H groups in total. The predicted molar refractivity (Wildman–Crippen MR) is 142 cm³/mol. The monoisotopic (exact) mass is 489 g/mol. The summed E-state index contributed by atoms with van der Waals surface area (Å²) < 4.78 is 0. The Morgan fingerprint density at radius 3 is 2.23 bits per heavy atom. The Morgan fingerprint density at radius 1 is 0.943 bits per heavy atom. The Bertz CT molecular complexity index is 1110. The maximum atomic E-state index is 13.3. The first kappa shape index (κ1) is 25.0. The highest BCUT2D eigenvalue weighted by atomic mass is 35.5. The summed E-state index contributed by atoms with van der Waals surface area (Å²) in [4.78, 5) is 26.7. The summed E-state index contributed by atoms with van der Waals surface area (Å²) in [5.74, 6) is 0.507. The average Bonchev–Trinajstić information content (AvgIpc) is 2.88. The predicted octanol–water partition coefficient (Wildman–Crippen LogP) is 5.58. The van der Waals surface area contributed by atoms with Crippen molar-refractivity contribution in [1.29, 1.82) is 0 Å². The molecule has 1 aliphatic heterocycles. The quantitative estimate of drug-likeness (QED) is 0.434. The van der Waals surface area contributed by atoms with Crippen LogP contribution in [0.25, 0.3) is 0 Å². The number of likely N-dealkylation sites (tertiary alicyclic amines) is 1. The van der Waals surface area contributed by atoms with Crippen molar-refractivity contribution in [2.75, 3.05) is 25.0 Å². The lowest BCUT2D eigenvalue weighted by Crippen LogP contribution is -2.36. The molecule has 0 radical (unpaired) electrons. The number of carbonyl (C=O) groups excluding carboxylic acids is 2. The number of nitrogens with one attached hydrogen (secondary N) is 2. The van der Waals surface area contributed by atoms with E-state index in [0.29, 0.717) is 12.5 Å². The minimum atomic E-state index is -0.459. The SMILES string of the molecule is CC(=O)N1CCC(c2ccc(NC(=O)[C@@H](NCCc3ccc(Cl)cc3)c3ccccc3)cc2)CC1. The molecule has 4 rings (SSSR count). The van der Waals surface area contributed by atoms with Crippen LogP contribution in [0.5, 0.6) is 0 Å². The van der Waals surface area contributed by atoms with E-state index in [4.69, 9.17) is 11.6 Å². The van der Waals surface area contributed by atoms with Crippen molar-refractivity contribution in [3.63, 3.8) is 0 Å². The van der Waals surface area contributed by atoms with Gasteiger partial charge in [0, 0.05) is 37.3 Å². The van der Waals surface area contributed by atoms with Crippen molar-refractivity contribution < 1.29 is 9.59 Å².